The Hall–Kier alpha value is -0.170. The van der Waals surface area contributed by atoms with Crippen molar-refractivity contribution in [3.63, 3.8) is 0 Å². The lowest BCUT2D eigenvalue weighted by atomic mass is 10.1. The number of ether oxygens (including phenoxy) is 1. The Bertz CT molecular complexity index is 370. The van der Waals surface area contributed by atoms with Crippen molar-refractivity contribution in [3.8, 4) is 0 Å². The maximum absolute atomic E-state index is 11.4. The highest BCUT2D eigenvalue weighted by molar-refractivity contribution is 7.91. The molecular formula is C13H26N2O3S. The van der Waals surface area contributed by atoms with Gasteiger partial charge in [0.1, 0.15) is 0 Å². The number of hydrogen-bond donors (Lipinski definition) is 1. The van der Waals surface area contributed by atoms with Gasteiger partial charge in [-0.3, -0.25) is 4.90 Å². The van der Waals surface area contributed by atoms with E-state index in [0.29, 0.717) is 17.6 Å². The number of piperidine rings is 1. The first-order valence-electron chi connectivity index (χ1n) is 7.37. The van der Waals surface area contributed by atoms with Crippen LogP contribution in [0.1, 0.15) is 26.2 Å². The predicted molar refractivity (Wildman–Crippen MR) is 76.1 cm³/mol. The molecule has 2 aliphatic rings. The van der Waals surface area contributed by atoms with E-state index in [1.165, 1.54) is 12.8 Å². The molecule has 2 heterocycles. The lowest BCUT2D eigenvalue weighted by molar-refractivity contribution is 0.00625. The minimum atomic E-state index is -2.76. The number of rotatable bonds is 6. The smallest absolute Gasteiger partial charge is 0.151 e. The summed E-state index contributed by atoms with van der Waals surface area (Å²) in [6.07, 6.45) is 3.51. The molecule has 5 nitrogen and oxygen atoms in total. The van der Waals surface area contributed by atoms with Crippen LogP contribution >= 0.6 is 0 Å². The molecule has 0 aromatic heterocycles. The molecule has 2 rings (SSSR count). The Labute approximate surface area is 116 Å². The van der Waals surface area contributed by atoms with Gasteiger partial charge in [0.05, 0.1) is 17.6 Å². The molecule has 19 heavy (non-hydrogen) atoms. The van der Waals surface area contributed by atoms with Gasteiger partial charge in [-0.25, -0.2) is 8.42 Å². The summed E-state index contributed by atoms with van der Waals surface area (Å²) >= 11 is 0. The zero-order valence-electron chi connectivity index (χ0n) is 11.8. The highest BCUT2D eigenvalue weighted by Crippen LogP contribution is 2.13. The first-order valence-corrected chi connectivity index (χ1v) is 9.19. The molecule has 2 aliphatic heterocycles. The topological polar surface area (TPSA) is 58.6 Å². The number of sulfone groups is 1. The zero-order valence-corrected chi connectivity index (χ0v) is 12.6. The minimum Gasteiger partial charge on any atom is -0.377 e. The molecule has 0 saturated carbocycles. The Morgan fingerprint density at radius 3 is 2.89 bits per heavy atom. The fourth-order valence-electron chi connectivity index (χ4n) is 2.97. The van der Waals surface area contributed by atoms with Gasteiger partial charge < -0.3 is 10.1 Å². The van der Waals surface area contributed by atoms with Crippen LogP contribution in [0.15, 0.2) is 0 Å². The highest BCUT2D eigenvalue weighted by Gasteiger charge is 2.27. The molecule has 0 aromatic carbocycles. The molecule has 0 aromatic rings. The molecule has 2 saturated heterocycles. The third-order valence-electron chi connectivity index (χ3n) is 3.96. The summed E-state index contributed by atoms with van der Waals surface area (Å²) in [6, 6.07) is 0.164. The van der Waals surface area contributed by atoms with Crippen LogP contribution in [0.4, 0.5) is 0 Å². The number of likely N-dealkylation sites (tertiary alicyclic amines) is 1. The van der Waals surface area contributed by atoms with Crippen molar-refractivity contribution in [1.82, 2.24) is 10.2 Å². The van der Waals surface area contributed by atoms with Crippen LogP contribution in [0, 0.1) is 0 Å². The third-order valence-corrected chi connectivity index (χ3v) is 5.73. The van der Waals surface area contributed by atoms with E-state index in [1.54, 1.807) is 0 Å². The van der Waals surface area contributed by atoms with Gasteiger partial charge in [-0.15, -0.1) is 0 Å². The fourth-order valence-corrected chi connectivity index (χ4v) is 4.68. The number of hydrogen-bond acceptors (Lipinski definition) is 5. The van der Waals surface area contributed by atoms with Crippen LogP contribution in [0.25, 0.3) is 0 Å². The maximum Gasteiger partial charge on any atom is 0.151 e. The second-order valence-corrected chi connectivity index (χ2v) is 7.80. The van der Waals surface area contributed by atoms with Crippen molar-refractivity contribution in [3.05, 3.63) is 0 Å². The molecule has 1 N–H and O–H groups in total. The molecule has 0 aliphatic carbocycles. The minimum absolute atomic E-state index is 0.164. The van der Waals surface area contributed by atoms with Crippen LogP contribution in [0.2, 0.25) is 0 Å². The van der Waals surface area contributed by atoms with E-state index in [2.05, 4.69) is 10.2 Å². The van der Waals surface area contributed by atoms with Crippen molar-refractivity contribution < 1.29 is 13.2 Å². The standard InChI is InChI=1S/C13H26N2O3S/c1-2-18-13-4-3-7-15(10-13)8-6-14-12-5-9-19(16,17)11-12/h12-14H,2-11H2,1H3. The summed E-state index contributed by atoms with van der Waals surface area (Å²) in [5, 5.41) is 3.37. The second-order valence-electron chi connectivity index (χ2n) is 5.57. The number of nitrogens with zero attached hydrogens (tertiary/aromatic N) is 1. The molecule has 6 heteroatoms. The average molecular weight is 290 g/mol. The largest absolute Gasteiger partial charge is 0.377 e. The van der Waals surface area contributed by atoms with Gasteiger partial charge in [0.25, 0.3) is 0 Å². The van der Waals surface area contributed by atoms with E-state index >= 15 is 0 Å². The lowest BCUT2D eigenvalue weighted by Crippen LogP contribution is -2.44. The van der Waals surface area contributed by atoms with E-state index < -0.39 is 9.84 Å². The highest BCUT2D eigenvalue weighted by atomic mass is 32.2. The first kappa shape index (κ1) is 15.2. The number of nitrogens with one attached hydrogen (secondary N) is 1. The Kier molecular flexibility index (Phi) is 5.62. The van der Waals surface area contributed by atoms with Crippen molar-refractivity contribution >= 4 is 9.84 Å². The SMILES string of the molecule is CCOC1CCCN(CCNC2CCS(=O)(=O)C2)C1. The van der Waals surface area contributed by atoms with Crippen molar-refractivity contribution in [2.45, 2.75) is 38.3 Å². The predicted octanol–water partition coefficient (Wildman–Crippen LogP) is 0.264. The fraction of sp³-hybridized carbons (Fsp3) is 1.00. The summed E-state index contributed by atoms with van der Waals surface area (Å²) in [4.78, 5) is 2.42. The van der Waals surface area contributed by atoms with Crippen LogP contribution in [0.5, 0.6) is 0 Å². The first-order chi connectivity index (χ1) is 9.09. The lowest BCUT2D eigenvalue weighted by Gasteiger charge is -2.32. The van der Waals surface area contributed by atoms with Gasteiger partial charge in [0.15, 0.2) is 9.84 Å². The molecule has 0 radical (unpaired) electrons. The van der Waals surface area contributed by atoms with Crippen LogP contribution in [0.3, 0.4) is 0 Å². The summed E-state index contributed by atoms with van der Waals surface area (Å²) in [5.74, 6) is 0.662. The van der Waals surface area contributed by atoms with E-state index in [9.17, 15) is 8.42 Å². The van der Waals surface area contributed by atoms with E-state index in [-0.39, 0.29) is 6.04 Å². The van der Waals surface area contributed by atoms with Gasteiger partial charge in [0, 0.05) is 32.3 Å². The third kappa shape index (κ3) is 5.02. The second kappa shape index (κ2) is 7.02. The van der Waals surface area contributed by atoms with E-state index in [4.69, 9.17) is 4.74 Å². The molecule has 2 atom stereocenters. The van der Waals surface area contributed by atoms with Gasteiger partial charge in [-0.05, 0) is 32.7 Å². The maximum atomic E-state index is 11.4. The van der Waals surface area contributed by atoms with E-state index in [1.807, 2.05) is 6.92 Å². The van der Waals surface area contributed by atoms with Crippen molar-refractivity contribution in [1.29, 1.82) is 0 Å². The summed E-state index contributed by atoms with van der Waals surface area (Å²) in [6.45, 7) is 6.84. The van der Waals surface area contributed by atoms with Crippen LogP contribution in [-0.2, 0) is 14.6 Å². The zero-order chi connectivity index (χ0) is 13.7. The Morgan fingerprint density at radius 2 is 2.21 bits per heavy atom. The molecule has 0 spiro atoms. The molecule has 112 valence electrons. The Morgan fingerprint density at radius 1 is 1.37 bits per heavy atom. The summed E-state index contributed by atoms with van der Waals surface area (Å²) < 4.78 is 28.4. The quantitative estimate of drug-likeness (QED) is 0.760. The van der Waals surface area contributed by atoms with Crippen molar-refractivity contribution in [2.24, 2.45) is 0 Å². The van der Waals surface area contributed by atoms with Crippen LogP contribution < -0.4 is 5.32 Å². The molecule has 2 unspecified atom stereocenters. The summed E-state index contributed by atoms with van der Waals surface area (Å²) in [7, 11) is -2.76. The molecule has 2 fully saturated rings. The molecule has 0 bridgehead atoms. The van der Waals surface area contributed by atoms with E-state index in [0.717, 1.165) is 39.2 Å². The molecular weight excluding hydrogens is 264 g/mol. The van der Waals surface area contributed by atoms with Gasteiger partial charge >= 0.3 is 0 Å². The van der Waals surface area contributed by atoms with Crippen molar-refractivity contribution in [2.75, 3.05) is 44.3 Å². The normalized spacial score (nSPS) is 31.6. The summed E-state index contributed by atoms with van der Waals surface area (Å²) in [5.41, 5.74) is 0. The Balaban J connectivity index is 1.63. The van der Waals surface area contributed by atoms with Gasteiger partial charge in [0.2, 0.25) is 0 Å². The average Bonchev–Trinajstić information content (AvgIpc) is 2.70. The molecule has 0 amide bonds. The van der Waals surface area contributed by atoms with Gasteiger partial charge in [-0.2, -0.15) is 0 Å². The monoisotopic (exact) mass is 290 g/mol. The van der Waals surface area contributed by atoms with Crippen LogP contribution in [-0.4, -0.2) is 69.8 Å². The van der Waals surface area contributed by atoms with Gasteiger partial charge in [-0.1, -0.05) is 0 Å².